The number of ether oxygens (including phenoxy) is 1. The van der Waals surface area contributed by atoms with Crippen LogP contribution in [0.25, 0.3) is 10.6 Å². The first kappa shape index (κ1) is 19.6. The normalized spacial score (nSPS) is 12.1. The molecule has 0 aliphatic carbocycles. The Bertz CT molecular complexity index is 956. The maximum atomic E-state index is 13.2. The van der Waals surface area contributed by atoms with Crippen LogP contribution in [0.4, 0.5) is 24.8 Å². The summed E-state index contributed by atoms with van der Waals surface area (Å²) in [5, 5.41) is 4.60. The molecule has 0 aliphatic rings. The highest BCUT2D eigenvalue weighted by Gasteiger charge is 2.36. The number of halogens is 3. The number of thiophene rings is 1. The summed E-state index contributed by atoms with van der Waals surface area (Å²) in [6.07, 6.45) is -4.61. The van der Waals surface area contributed by atoms with Crippen LogP contribution in [0.3, 0.4) is 0 Å². The Hall–Kier alpha value is -3.14. The first-order valence-corrected chi connectivity index (χ1v) is 9.12. The van der Waals surface area contributed by atoms with Gasteiger partial charge in [-0.15, -0.1) is 21.3 Å². The zero-order valence-corrected chi connectivity index (χ0v) is 15.6. The van der Waals surface area contributed by atoms with Gasteiger partial charge in [0.05, 0.1) is 17.2 Å². The number of nitrogens with one attached hydrogen (secondary N) is 2. The second-order valence-electron chi connectivity index (χ2n) is 5.56. The molecular formula is C18H17F3N5OS+. The lowest BCUT2D eigenvalue weighted by Gasteiger charge is -2.06. The van der Waals surface area contributed by atoms with E-state index in [1.54, 1.807) is 41.8 Å². The Morgan fingerprint density at radius 1 is 1.21 bits per heavy atom. The molecule has 0 aliphatic heterocycles. The van der Waals surface area contributed by atoms with Crippen LogP contribution in [0.2, 0.25) is 0 Å². The van der Waals surface area contributed by atoms with E-state index in [1.807, 2.05) is 6.92 Å². The molecule has 0 spiro atoms. The minimum Gasteiger partial charge on any atom is -0.494 e. The van der Waals surface area contributed by atoms with Gasteiger partial charge in [0.25, 0.3) is 5.96 Å². The van der Waals surface area contributed by atoms with Gasteiger partial charge in [0.15, 0.2) is 5.69 Å². The number of aromatic nitrogens is 2. The molecule has 2 heterocycles. The van der Waals surface area contributed by atoms with Crippen molar-refractivity contribution in [1.82, 2.24) is 9.97 Å². The van der Waals surface area contributed by atoms with Gasteiger partial charge in [-0.05, 0) is 42.6 Å². The summed E-state index contributed by atoms with van der Waals surface area (Å²) in [6.45, 7) is 2.42. The summed E-state index contributed by atoms with van der Waals surface area (Å²) in [4.78, 5) is 10.8. The monoisotopic (exact) mass is 408 g/mol. The lowest BCUT2D eigenvalue weighted by atomic mass is 10.3. The maximum Gasteiger partial charge on any atom is 0.443 e. The van der Waals surface area contributed by atoms with Gasteiger partial charge in [-0.1, -0.05) is 6.07 Å². The van der Waals surface area contributed by atoms with Gasteiger partial charge in [0.1, 0.15) is 11.4 Å². The quantitative estimate of drug-likeness (QED) is 0.446. The number of rotatable bonds is 5. The summed E-state index contributed by atoms with van der Waals surface area (Å²) in [7, 11) is 0. The average molecular weight is 408 g/mol. The summed E-state index contributed by atoms with van der Waals surface area (Å²) >= 11 is 1.28. The lowest BCUT2D eigenvalue weighted by molar-refractivity contribution is -0.365. The predicted molar refractivity (Wildman–Crippen MR) is 101 cm³/mol. The third-order valence-electron chi connectivity index (χ3n) is 3.48. The molecule has 0 fully saturated rings. The molecule has 1 aromatic carbocycles. The van der Waals surface area contributed by atoms with Crippen LogP contribution in [-0.2, 0) is 6.18 Å². The highest BCUT2D eigenvalue weighted by Crippen LogP contribution is 2.31. The van der Waals surface area contributed by atoms with Crippen molar-refractivity contribution in [3.8, 4) is 16.3 Å². The van der Waals surface area contributed by atoms with E-state index in [4.69, 9.17) is 10.5 Å². The molecule has 3 rings (SSSR count). The second kappa shape index (κ2) is 8.26. The zero-order chi connectivity index (χ0) is 20.1. The van der Waals surface area contributed by atoms with E-state index in [2.05, 4.69) is 20.3 Å². The van der Waals surface area contributed by atoms with Crippen molar-refractivity contribution in [3.05, 3.63) is 53.5 Å². The fourth-order valence-electron chi connectivity index (χ4n) is 2.31. The van der Waals surface area contributed by atoms with Crippen molar-refractivity contribution >= 4 is 28.9 Å². The fraction of sp³-hybridized carbons (Fsp3) is 0.167. The number of hydrogen-bond acceptors (Lipinski definition) is 4. The number of anilines is 1. The third-order valence-corrected chi connectivity index (χ3v) is 4.37. The van der Waals surface area contributed by atoms with Crippen molar-refractivity contribution in [1.29, 1.82) is 0 Å². The average Bonchev–Trinajstić information content (AvgIpc) is 3.17. The van der Waals surface area contributed by atoms with Gasteiger partial charge in [-0.25, -0.2) is 4.99 Å². The molecule has 0 saturated heterocycles. The molecular weight excluding hydrogens is 391 g/mol. The highest BCUT2D eigenvalue weighted by molar-refractivity contribution is 7.13. The van der Waals surface area contributed by atoms with E-state index in [-0.39, 0.29) is 17.6 Å². The van der Waals surface area contributed by atoms with Crippen LogP contribution < -0.4 is 20.8 Å². The largest absolute Gasteiger partial charge is 0.494 e. The van der Waals surface area contributed by atoms with Gasteiger partial charge >= 0.3 is 12.1 Å². The van der Waals surface area contributed by atoms with E-state index in [9.17, 15) is 13.2 Å². The summed E-state index contributed by atoms with van der Waals surface area (Å²) in [5.41, 5.74) is 5.60. The highest BCUT2D eigenvalue weighted by atomic mass is 32.1. The van der Waals surface area contributed by atoms with Crippen molar-refractivity contribution in [2.45, 2.75) is 13.1 Å². The van der Waals surface area contributed by atoms with Crippen LogP contribution in [0, 0.1) is 0 Å². The van der Waals surface area contributed by atoms with Gasteiger partial charge in [0, 0.05) is 6.07 Å². The van der Waals surface area contributed by atoms with E-state index in [1.165, 1.54) is 11.3 Å². The number of hydrogen-bond donors (Lipinski definition) is 3. The molecule has 0 atom stereocenters. The smallest absolute Gasteiger partial charge is 0.443 e. The molecule has 28 heavy (non-hydrogen) atoms. The molecule has 0 radical (unpaired) electrons. The van der Waals surface area contributed by atoms with Gasteiger partial charge in [-0.3, -0.25) is 5.32 Å². The molecule has 10 heteroatoms. The Labute approximate surface area is 162 Å². The van der Waals surface area contributed by atoms with Crippen LogP contribution in [0.5, 0.6) is 5.75 Å². The first-order chi connectivity index (χ1) is 13.3. The first-order valence-electron chi connectivity index (χ1n) is 8.24. The SMILES string of the molecule is CCOc1ccc(NC(N)=[NH+]c2nc(-c3cccs3)cc(C(F)(F)F)n2)cc1. The van der Waals surface area contributed by atoms with Gasteiger partial charge < -0.3 is 10.5 Å². The topological polar surface area (TPSA) is 87.0 Å². The van der Waals surface area contributed by atoms with Gasteiger partial charge in [-0.2, -0.15) is 13.2 Å². The number of guanidine groups is 1. The second-order valence-corrected chi connectivity index (χ2v) is 6.51. The maximum absolute atomic E-state index is 13.2. The fourth-order valence-corrected chi connectivity index (χ4v) is 2.99. The summed E-state index contributed by atoms with van der Waals surface area (Å²) < 4.78 is 44.9. The summed E-state index contributed by atoms with van der Waals surface area (Å²) in [6, 6.07) is 11.3. The van der Waals surface area contributed by atoms with E-state index in [0.29, 0.717) is 22.9 Å². The van der Waals surface area contributed by atoms with Gasteiger partial charge in [0.2, 0.25) is 0 Å². The Morgan fingerprint density at radius 2 is 1.96 bits per heavy atom. The number of nitrogens with zero attached hydrogens (tertiary/aromatic N) is 2. The third kappa shape index (κ3) is 4.97. The molecule has 3 aromatic rings. The number of nitrogens with two attached hydrogens (primary N) is 1. The molecule has 146 valence electrons. The number of benzene rings is 1. The van der Waals surface area contributed by atoms with E-state index >= 15 is 0 Å². The van der Waals surface area contributed by atoms with Crippen molar-refractivity contribution in [2.75, 3.05) is 11.9 Å². The molecule has 6 nitrogen and oxygen atoms in total. The predicted octanol–water partition coefficient (Wildman–Crippen LogP) is 2.76. The van der Waals surface area contributed by atoms with E-state index < -0.39 is 11.9 Å². The minimum absolute atomic E-state index is 0.0133. The van der Waals surface area contributed by atoms with Crippen molar-refractivity contribution < 1.29 is 22.9 Å². The van der Waals surface area contributed by atoms with E-state index in [0.717, 1.165) is 6.07 Å². The number of alkyl halides is 3. The Balaban J connectivity index is 1.88. The Kier molecular flexibility index (Phi) is 5.78. The van der Waals surface area contributed by atoms with Crippen LogP contribution in [0.15, 0.2) is 47.8 Å². The molecule has 2 aromatic heterocycles. The zero-order valence-electron chi connectivity index (χ0n) is 14.7. The van der Waals surface area contributed by atoms with Crippen molar-refractivity contribution in [2.24, 2.45) is 5.73 Å². The van der Waals surface area contributed by atoms with Crippen LogP contribution in [-0.4, -0.2) is 22.5 Å². The summed E-state index contributed by atoms with van der Waals surface area (Å²) in [5.74, 6) is 0.427. The molecule has 0 unspecified atom stereocenters. The lowest BCUT2D eigenvalue weighted by Crippen LogP contribution is -2.72. The molecule has 0 amide bonds. The minimum atomic E-state index is -4.61. The van der Waals surface area contributed by atoms with Crippen LogP contribution in [0.1, 0.15) is 12.6 Å². The van der Waals surface area contributed by atoms with Crippen LogP contribution >= 0.6 is 11.3 Å². The molecule has 0 saturated carbocycles. The van der Waals surface area contributed by atoms with Crippen molar-refractivity contribution in [3.63, 3.8) is 0 Å². The molecule has 0 bridgehead atoms. The Morgan fingerprint density at radius 3 is 2.57 bits per heavy atom. The molecule has 4 N–H and O–H groups in total. The standard InChI is InChI=1S/C18H16F3N5OS/c1-2-27-12-7-5-11(6-8-12)23-16(22)26-17-24-13(14-4-3-9-28-14)10-15(25-17)18(19,20)21/h3-10H,2H2,1H3,(H3,22,23,24,25,26)/p+1.